The van der Waals surface area contributed by atoms with Crippen LogP contribution < -0.4 is 0 Å². The van der Waals surface area contributed by atoms with Gasteiger partial charge in [-0.3, -0.25) is 9.69 Å². The van der Waals surface area contributed by atoms with E-state index in [0.29, 0.717) is 6.42 Å². The Kier molecular flexibility index (Phi) is 5.36. The molecule has 1 saturated heterocycles. The van der Waals surface area contributed by atoms with E-state index in [9.17, 15) is 14.0 Å². The molecule has 2 atom stereocenters. The van der Waals surface area contributed by atoms with Crippen LogP contribution in [0.4, 0.5) is 9.18 Å². The first-order valence-corrected chi connectivity index (χ1v) is 8.84. The molecule has 0 unspecified atom stereocenters. The molecule has 5 nitrogen and oxygen atoms in total. The molecule has 0 aromatic heterocycles. The van der Waals surface area contributed by atoms with E-state index in [0.717, 1.165) is 5.56 Å². The number of hydrogen-bond acceptors (Lipinski definition) is 3. The summed E-state index contributed by atoms with van der Waals surface area (Å²) in [6.45, 7) is 11.4. The molecule has 1 aromatic rings. The van der Waals surface area contributed by atoms with Crippen molar-refractivity contribution < 1.29 is 18.7 Å². The van der Waals surface area contributed by atoms with Gasteiger partial charge in [0.2, 0.25) is 5.91 Å². The van der Waals surface area contributed by atoms with Crippen LogP contribution in [0.25, 0.3) is 0 Å². The Labute approximate surface area is 155 Å². The number of likely N-dealkylation sites (N-methyl/N-ethyl adjacent to an activating group) is 1. The largest absolute Gasteiger partial charge is 0.444 e. The quantitative estimate of drug-likeness (QED) is 0.802. The summed E-state index contributed by atoms with van der Waals surface area (Å²) in [5, 5.41) is 0. The molecule has 1 aromatic carbocycles. The Morgan fingerprint density at radius 2 is 1.65 bits per heavy atom. The SMILES string of the molecule is CN1C(=O)[C@H](Cc2ccc(F)cc2)N(C(=O)OC(C)(C)C)[C@H]1C(C)(C)C. The van der Waals surface area contributed by atoms with E-state index in [1.807, 2.05) is 20.8 Å². The molecular weight excluding hydrogens is 335 g/mol. The molecule has 1 aliphatic heterocycles. The Morgan fingerprint density at radius 3 is 2.12 bits per heavy atom. The molecule has 2 amide bonds. The first-order chi connectivity index (χ1) is 11.8. The zero-order chi connectivity index (χ0) is 19.9. The number of hydrogen-bond donors (Lipinski definition) is 0. The Bertz CT molecular complexity index is 674. The van der Waals surface area contributed by atoms with Gasteiger partial charge in [-0.05, 0) is 38.5 Å². The summed E-state index contributed by atoms with van der Waals surface area (Å²) in [6, 6.07) is 5.32. The van der Waals surface area contributed by atoms with E-state index in [1.54, 1.807) is 44.9 Å². The third kappa shape index (κ3) is 4.34. The molecule has 26 heavy (non-hydrogen) atoms. The first-order valence-electron chi connectivity index (χ1n) is 8.84. The van der Waals surface area contributed by atoms with Crippen LogP contribution >= 0.6 is 0 Å². The van der Waals surface area contributed by atoms with Crippen molar-refractivity contribution in [2.75, 3.05) is 7.05 Å². The smallest absolute Gasteiger partial charge is 0.412 e. The second-order valence-electron chi connectivity index (χ2n) is 8.92. The molecule has 0 N–H and O–H groups in total. The standard InChI is InChI=1S/C20H29FN2O3/c1-19(2,3)17-22(7)16(24)15(12-13-8-10-14(21)11-9-13)23(17)18(25)26-20(4,5)6/h8-11,15,17H,12H2,1-7H3/t15-,17-/m0/s1. The maximum atomic E-state index is 13.2. The predicted octanol–water partition coefficient (Wildman–Crippen LogP) is 3.82. The number of carbonyl (C=O) groups excluding carboxylic acids is 2. The highest BCUT2D eigenvalue weighted by molar-refractivity contribution is 5.89. The summed E-state index contributed by atoms with van der Waals surface area (Å²) in [6.07, 6.45) is -0.618. The Balaban J connectivity index is 2.40. The highest BCUT2D eigenvalue weighted by Gasteiger charge is 2.52. The predicted molar refractivity (Wildman–Crippen MR) is 98.0 cm³/mol. The molecule has 0 aliphatic carbocycles. The van der Waals surface area contributed by atoms with Crippen molar-refractivity contribution in [3.8, 4) is 0 Å². The minimum atomic E-state index is -0.676. The van der Waals surface area contributed by atoms with Crippen molar-refractivity contribution in [1.82, 2.24) is 9.80 Å². The van der Waals surface area contributed by atoms with Gasteiger partial charge in [0, 0.05) is 18.9 Å². The summed E-state index contributed by atoms with van der Waals surface area (Å²) in [5.41, 5.74) is -0.218. The lowest BCUT2D eigenvalue weighted by molar-refractivity contribution is -0.129. The molecule has 0 saturated carbocycles. The van der Waals surface area contributed by atoms with Crippen molar-refractivity contribution in [3.63, 3.8) is 0 Å². The fraction of sp³-hybridized carbons (Fsp3) is 0.600. The lowest BCUT2D eigenvalue weighted by atomic mass is 9.91. The monoisotopic (exact) mass is 364 g/mol. The van der Waals surface area contributed by atoms with E-state index in [4.69, 9.17) is 4.74 Å². The van der Waals surface area contributed by atoms with Crippen molar-refractivity contribution in [2.45, 2.75) is 65.8 Å². The maximum Gasteiger partial charge on any atom is 0.412 e. The van der Waals surface area contributed by atoms with Crippen LogP contribution in [0.3, 0.4) is 0 Å². The molecule has 0 spiro atoms. The molecule has 1 aliphatic rings. The van der Waals surface area contributed by atoms with Crippen LogP contribution in [0.15, 0.2) is 24.3 Å². The number of amides is 2. The molecular formula is C20H29FN2O3. The zero-order valence-electron chi connectivity index (χ0n) is 16.7. The third-order valence-corrected chi connectivity index (χ3v) is 4.32. The van der Waals surface area contributed by atoms with Gasteiger partial charge in [-0.25, -0.2) is 9.18 Å². The van der Waals surface area contributed by atoms with Crippen LogP contribution in [-0.2, 0) is 16.0 Å². The molecule has 6 heteroatoms. The van der Waals surface area contributed by atoms with Crippen LogP contribution in [0.2, 0.25) is 0 Å². The van der Waals surface area contributed by atoms with Crippen LogP contribution in [0.1, 0.15) is 47.1 Å². The van der Waals surface area contributed by atoms with Gasteiger partial charge in [0.25, 0.3) is 0 Å². The van der Waals surface area contributed by atoms with Gasteiger partial charge in [0.1, 0.15) is 23.6 Å². The molecule has 0 bridgehead atoms. The summed E-state index contributed by atoms with van der Waals surface area (Å²) < 4.78 is 18.8. The number of halogens is 1. The van der Waals surface area contributed by atoms with Crippen molar-refractivity contribution in [2.24, 2.45) is 5.41 Å². The highest BCUT2D eigenvalue weighted by atomic mass is 19.1. The van der Waals surface area contributed by atoms with Gasteiger partial charge >= 0.3 is 6.09 Å². The average molecular weight is 364 g/mol. The normalized spacial score (nSPS) is 21.3. The van der Waals surface area contributed by atoms with Crippen LogP contribution in [-0.4, -0.2) is 46.7 Å². The van der Waals surface area contributed by atoms with Gasteiger partial charge < -0.3 is 9.64 Å². The van der Waals surface area contributed by atoms with E-state index in [1.165, 1.54) is 17.0 Å². The number of benzene rings is 1. The van der Waals surface area contributed by atoms with Crippen molar-refractivity contribution >= 4 is 12.0 Å². The Morgan fingerprint density at radius 1 is 1.12 bits per heavy atom. The molecule has 2 rings (SSSR count). The lowest BCUT2D eigenvalue weighted by Gasteiger charge is -2.39. The second-order valence-corrected chi connectivity index (χ2v) is 8.92. The molecule has 1 heterocycles. The zero-order valence-corrected chi connectivity index (χ0v) is 16.7. The third-order valence-electron chi connectivity index (χ3n) is 4.32. The number of carbonyl (C=O) groups is 2. The molecule has 0 radical (unpaired) electrons. The fourth-order valence-corrected chi connectivity index (χ4v) is 3.40. The van der Waals surface area contributed by atoms with E-state index in [2.05, 4.69) is 0 Å². The van der Waals surface area contributed by atoms with E-state index < -0.39 is 23.9 Å². The van der Waals surface area contributed by atoms with Crippen LogP contribution in [0.5, 0.6) is 0 Å². The number of rotatable bonds is 2. The maximum absolute atomic E-state index is 13.2. The summed E-state index contributed by atoms with van der Waals surface area (Å²) in [5.74, 6) is -0.472. The number of ether oxygens (including phenoxy) is 1. The summed E-state index contributed by atoms with van der Waals surface area (Å²) in [4.78, 5) is 29.0. The highest BCUT2D eigenvalue weighted by Crippen LogP contribution is 2.36. The molecule has 144 valence electrons. The van der Waals surface area contributed by atoms with Gasteiger partial charge in [-0.2, -0.15) is 0 Å². The van der Waals surface area contributed by atoms with Crippen molar-refractivity contribution in [1.29, 1.82) is 0 Å². The Hall–Kier alpha value is -2.11. The minimum absolute atomic E-state index is 0.139. The minimum Gasteiger partial charge on any atom is -0.444 e. The lowest BCUT2D eigenvalue weighted by Crippen LogP contribution is -2.52. The van der Waals surface area contributed by atoms with Crippen molar-refractivity contribution in [3.05, 3.63) is 35.6 Å². The van der Waals surface area contributed by atoms with E-state index in [-0.39, 0.29) is 17.1 Å². The average Bonchev–Trinajstić information content (AvgIpc) is 2.72. The van der Waals surface area contributed by atoms with Gasteiger partial charge in [-0.15, -0.1) is 0 Å². The van der Waals surface area contributed by atoms with Gasteiger partial charge in [0.15, 0.2) is 0 Å². The molecule has 1 fully saturated rings. The fourth-order valence-electron chi connectivity index (χ4n) is 3.40. The number of nitrogens with zero attached hydrogens (tertiary/aromatic N) is 2. The second kappa shape index (κ2) is 6.89. The van der Waals surface area contributed by atoms with Gasteiger partial charge in [0.05, 0.1) is 0 Å². The topological polar surface area (TPSA) is 49.9 Å². The van der Waals surface area contributed by atoms with Crippen LogP contribution in [0, 0.1) is 11.2 Å². The summed E-state index contributed by atoms with van der Waals surface area (Å²) in [7, 11) is 1.71. The first kappa shape index (κ1) is 20.2. The van der Waals surface area contributed by atoms with Gasteiger partial charge in [-0.1, -0.05) is 32.9 Å². The summed E-state index contributed by atoms with van der Waals surface area (Å²) >= 11 is 0. The van der Waals surface area contributed by atoms with E-state index >= 15 is 0 Å².